The highest BCUT2D eigenvalue weighted by Gasteiger charge is 2.32. The van der Waals surface area contributed by atoms with Crippen molar-refractivity contribution in [2.75, 3.05) is 26.7 Å². The Hall–Kier alpha value is -0.900. The number of aryl methyl sites for hydroxylation is 1. The van der Waals surface area contributed by atoms with Crippen LogP contribution in [0.5, 0.6) is 0 Å². The summed E-state index contributed by atoms with van der Waals surface area (Å²) in [6.45, 7) is 5.09. The molecule has 3 nitrogen and oxygen atoms in total. The molecule has 3 unspecified atom stereocenters. The number of nitrogens with zero attached hydrogens (tertiary/aromatic N) is 1. The van der Waals surface area contributed by atoms with E-state index in [9.17, 15) is 0 Å². The SMILES string of the molecule is CC(C1CNCCO1)N(C)C1CCc2ccccc21. The lowest BCUT2D eigenvalue weighted by molar-refractivity contribution is -0.0298. The fourth-order valence-corrected chi connectivity index (χ4v) is 3.40. The lowest BCUT2D eigenvalue weighted by atomic mass is 10.0. The number of hydrogen-bond acceptors (Lipinski definition) is 3. The molecule has 0 amide bonds. The highest BCUT2D eigenvalue weighted by Crippen LogP contribution is 2.36. The highest BCUT2D eigenvalue weighted by molar-refractivity contribution is 5.34. The second-order valence-electron chi connectivity index (χ2n) is 5.77. The lowest BCUT2D eigenvalue weighted by Gasteiger charge is -2.38. The molecule has 104 valence electrons. The molecule has 1 saturated heterocycles. The van der Waals surface area contributed by atoms with Crippen LogP contribution in [0.2, 0.25) is 0 Å². The van der Waals surface area contributed by atoms with Gasteiger partial charge in [-0.15, -0.1) is 0 Å². The molecule has 3 rings (SSSR count). The van der Waals surface area contributed by atoms with E-state index < -0.39 is 0 Å². The van der Waals surface area contributed by atoms with Crippen LogP contribution in [0, 0.1) is 0 Å². The van der Waals surface area contributed by atoms with Gasteiger partial charge in [0.25, 0.3) is 0 Å². The van der Waals surface area contributed by atoms with E-state index in [4.69, 9.17) is 4.74 Å². The van der Waals surface area contributed by atoms with Gasteiger partial charge >= 0.3 is 0 Å². The minimum absolute atomic E-state index is 0.312. The predicted molar refractivity (Wildman–Crippen MR) is 77.3 cm³/mol. The van der Waals surface area contributed by atoms with Crippen LogP contribution < -0.4 is 5.32 Å². The Kier molecular flexibility index (Phi) is 3.87. The molecule has 3 heteroatoms. The molecule has 1 N–H and O–H groups in total. The maximum atomic E-state index is 5.90. The summed E-state index contributed by atoms with van der Waals surface area (Å²) in [6.07, 6.45) is 2.76. The van der Waals surface area contributed by atoms with Crippen molar-refractivity contribution in [1.29, 1.82) is 0 Å². The summed E-state index contributed by atoms with van der Waals surface area (Å²) in [4.78, 5) is 2.50. The standard InChI is InChI=1S/C16H24N2O/c1-12(16-11-17-9-10-19-16)18(2)15-8-7-13-5-3-4-6-14(13)15/h3-6,12,15-17H,7-11H2,1-2H3. The summed E-state index contributed by atoms with van der Waals surface area (Å²) in [6, 6.07) is 9.87. The van der Waals surface area contributed by atoms with E-state index in [-0.39, 0.29) is 0 Å². The number of morpholine rings is 1. The Morgan fingerprint density at radius 3 is 3.00 bits per heavy atom. The first-order valence-corrected chi connectivity index (χ1v) is 7.39. The minimum atomic E-state index is 0.312. The maximum absolute atomic E-state index is 5.90. The largest absolute Gasteiger partial charge is 0.374 e. The van der Waals surface area contributed by atoms with Gasteiger partial charge in [-0.25, -0.2) is 0 Å². The van der Waals surface area contributed by atoms with Crippen LogP contribution in [0.4, 0.5) is 0 Å². The first-order valence-electron chi connectivity index (χ1n) is 7.39. The number of ether oxygens (including phenoxy) is 1. The fraction of sp³-hybridized carbons (Fsp3) is 0.625. The summed E-state index contributed by atoms with van der Waals surface area (Å²) in [5.41, 5.74) is 3.04. The molecule has 1 aliphatic carbocycles. The number of benzene rings is 1. The lowest BCUT2D eigenvalue weighted by Crippen LogP contribution is -2.50. The fourth-order valence-electron chi connectivity index (χ4n) is 3.40. The minimum Gasteiger partial charge on any atom is -0.374 e. The topological polar surface area (TPSA) is 24.5 Å². The van der Waals surface area contributed by atoms with Crippen molar-refractivity contribution in [3.63, 3.8) is 0 Å². The van der Waals surface area contributed by atoms with Crippen LogP contribution in [0.25, 0.3) is 0 Å². The molecule has 1 aromatic rings. The number of nitrogens with one attached hydrogen (secondary N) is 1. The molecule has 0 bridgehead atoms. The third-order valence-electron chi connectivity index (χ3n) is 4.73. The van der Waals surface area contributed by atoms with Crippen LogP contribution in [0.1, 0.15) is 30.5 Å². The monoisotopic (exact) mass is 260 g/mol. The Morgan fingerprint density at radius 2 is 2.21 bits per heavy atom. The molecule has 19 heavy (non-hydrogen) atoms. The van der Waals surface area contributed by atoms with Gasteiger partial charge in [0.2, 0.25) is 0 Å². The molecule has 0 radical (unpaired) electrons. The van der Waals surface area contributed by atoms with E-state index in [0.29, 0.717) is 18.2 Å². The van der Waals surface area contributed by atoms with Gasteiger partial charge in [-0.1, -0.05) is 24.3 Å². The van der Waals surface area contributed by atoms with Crippen molar-refractivity contribution in [2.45, 2.75) is 38.0 Å². The number of hydrogen-bond donors (Lipinski definition) is 1. The molecule has 1 fully saturated rings. The van der Waals surface area contributed by atoms with Gasteiger partial charge in [-0.3, -0.25) is 4.90 Å². The molecule has 1 aliphatic heterocycles. The third-order valence-corrected chi connectivity index (χ3v) is 4.73. The zero-order valence-corrected chi connectivity index (χ0v) is 11.9. The van der Waals surface area contributed by atoms with E-state index in [2.05, 4.69) is 48.5 Å². The van der Waals surface area contributed by atoms with Crippen molar-refractivity contribution in [3.8, 4) is 0 Å². The maximum Gasteiger partial charge on any atom is 0.0852 e. The van der Waals surface area contributed by atoms with Crippen LogP contribution in [0.15, 0.2) is 24.3 Å². The molecule has 0 aromatic heterocycles. The summed E-state index contributed by atoms with van der Waals surface area (Å²) in [7, 11) is 2.25. The average Bonchev–Trinajstić information content (AvgIpc) is 2.90. The average molecular weight is 260 g/mol. The van der Waals surface area contributed by atoms with Gasteiger partial charge in [0, 0.05) is 25.2 Å². The molecule has 0 saturated carbocycles. The first-order chi connectivity index (χ1) is 9.27. The van der Waals surface area contributed by atoms with Crippen molar-refractivity contribution in [1.82, 2.24) is 10.2 Å². The summed E-state index contributed by atoms with van der Waals surface area (Å²) >= 11 is 0. The Balaban J connectivity index is 1.72. The predicted octanol–water partition coefficient (Wildman–Crippen LogP) is 1.98. The quantitative estimate of drug-likeness (QED) is 0.899. The zero-order chi connectivity index (χ0) is 13.2. The van der Waals surface area contributed by atoms with Crippen molar-refractivity contribution in [2.24, 2.45) is 0 Å². The smallest absolute Gasteiger partial charge is 0.0852 e. The van der Waals surface area contributed by atoms with E-state index in [1.54, 1.807) is 0 Å². The van der Waals surface area contributed by atoms with E-state index >= 15 is 0 Å². The molecule has 2 aliphatic rings. The van der Waals surface area contributed by atoms with Crippen LogP contribution >= 0.6 is 0 Å². The van der Waals surface area contributed by atoms with Crippen LogP contribution in [-0.4, -0.2) is 43.8 Å². The van der Waals surface area contributed by atoms with Gasteiger partial charge in [-0.05, 0) is 37.9 Å². The second kappa shape index (κ2) is 5.61. The number of rotatable bonds is 3. The van der Waals surface area contributed by atoms with Crippen molar-refractivity contribution >= 4 is 0 Å². The van der Waals surface area contributed by atoms with Gasteiger partial charge in [0.05, 0.1) is 12.7 Å². The number of fused-ring (bicyclic) bond motifs is 1. The van der Waals surface area contributed by atoms with E-state index in [1.165, 1.54) is 24.0 Å². The zero-order valence-electron chi connectivity index (χ0n) is 11.9. The van der Waals surface area contributed by atoms with Crippen molar-refractivity contribution < 1.29 is 4.74 Å². The Bertz CT molecular complexity index is 429. The van der Waals surface area contributed by atoms with Crippen LogP contribution in [-0.2, 0) is 11.2 Å². The summed E-state index contributed by atoms with van der Waals surface area (Å²) in [5, 5.41) is 3.43. The molecular formula is C16H24N2O. The van der Waals surface area contributed by atoms with Gasteiger partial charge in [-0.2, -0.15) is 0 Å². The van der Waals surface area contributed by atoms with Gasteiger partial charge < -0.3 is 10.1 Å². The molecule has 1 heterocycles. The molecule has 0 spiro atoms. The van der Waals surface area contributed by atoms with E-state index in [0.717, 1.165) is 19.7 Å². The summed E-state index contributed by atoms with van der Waals surface area (Å²) in [5.74, 6) is 0. The van der Waals surface area contributed by atoms with Crippen molar-refractivity contribution in [3.05, 3.63) is 35.4 Å². The van der Waals surface area contributed by atoms with Gasteiger partial charge in [0.1, 0.15) is 0 Å². The third kappa shape index (κ3) is 2.55. The molecule has 3 atom stereocenters. The van der Waals surface area contributed by atoms with Crippen LogP contribution in [0.3, 0.4) is 0 Å². The first kappa shape index (κ1) is 13.1. The second-order valence-corrected chi connectivity index (χ2v) is 5.77. The van der Waals surface area contributed by atoms with E-state index in [1.807, 2.05) is 0 Å². The Labute approximate surface area is 115 Å². The molecule has 1 aromatic carbocycles. The molecular weight excluding hydrogens is 236 g/mol. The summed E-state index contributed by atoms with van der Waals surface area (Å²) < 4.78 is 5.90. The number of likely N-dealkylation sites (N-methyl/N-ethyl adjacent to an activating group) is 1. The normalized spacial score (nSPS) is 28.4. The highest BCUT2D eigenvalue weighted by atomic mass is 16.5. The van der Waals surface area contributed by atoms with Gasteiger partial charge in [0.15, 0.2) is 0 Å². The Morgan fingerprint density at radius 1 is 1.37 bits per heavy atom.